The Balaban J connectivity index is 4.11. The number of rotatable bonds is 7. The highest BCUT2D eigenvalue weighted by Gasteiger charge is 2.07. The molecule has 0 bridgehead atoms. The molecule has 0 aliphatic heterocycles. The van der Waals surface area contributed by atoms with E-state index >= 15 is 0 Å². The molecule has 1 atom stereocenters. The fraction of sp³-hybridized carbons (Fsp3) is 0.733. The fourth-order valence-electron chi connectivity index (χ4n) is 2.09. The molecule has 1 unspecified atom stereocenters. The first kappa shape index (κ1) is 14.5. The summed E-state index contributed by atoms with van der Waals surface area (Å²) in [5.41, 5.74) is 3.14. The van der Waals surface area contributed by atoms with Crippen molar-refractivity contribution in [2.24, 2.45) is 5.92 Å². The minimum atomic E-state index is 0.796. The largest absolute Gasteiger partial charge is 0.0859 e. The minimum absolute atomic E-state index is 0.796. The first-order valence-corrected chi connectivity index (χ1v) is 6.47. The van der Waals surface area contributed by atoms with Crippen molar-refractivity contribution >= 4 is 0 Å². The van der Waals surface area contributed by atoms with Gasteiger partial charge in [0.05, 0.1) is 0 Å². The predicted octanol–water partition coefficient (Wildman–Crippen LogP) is 5.51. The second-order valence-electron chi connectivity index (χ2n) is 4.46. The van der Waals surface area contributed by atoms with Gasteiger partial charge in [0.15, 0.2) is 0 Å². The van der Waals surface area contributed by atoms with Gasteiger partial charge in [-0.05, 0) is 51.9 Å². The van der Waals surface area contributed by atoms with E-state index in [0.29, 0.717) is 0 Å². The monoisotopic (exact) mass is 208 g/mol. The van der Waals surface area contributed by atoms with Crippen LogP contribution in [-0.2, 0) is 0 Å². The molecule has 0 aliphatic rings. The van der Waals surface area contributed by atoms with Crippen molar-refractivity contribution in [2.75, 3.05) is 0 Å². The van der Waals surface area contributed by atoms with Gasteiger partial charge in [0.1, 0.15) is 0 Å². The average molecular weight is 208 g/mol. The van der Waals surface area contributed by atoms with Crippen LogP contribution in [0.3, 0.4) is 0 Å². The predicted molar refractivity (Wildman–Crippen MR) is 71.1 cm³/mol. The van der Waals surface area contributed by atoms with Gasteiger partial charge < -0.3 is 0 Å². The highest BCUT2D eigenvalue weighted by Crippen LogP contribution is 2.23. The summed E-state index contributed by atoms with van der Waals surface area (Å²) in [6, 6.07) is 0. The number of hydrogen-bond donors (Lipinski definition) is 0. The van der Waals surface area contributed by atoms with Crippen LogP contribution in [0.15, 0.2) is 23.3 Å². The zero-order valence-corrected chi connectivity index (χ0v) is 11.3. The molecule has 0 heterocycles. The molecule has 0 heteroatoms. The van der Waals surface area contributed by atoms with Gasteiger partial charge in [-0.2, -0.15) is 0 Å². The molecule has 0 radical (unpaired) electrons. The third-order valence-corrected chi connectivity index (χ3v) is 3.10. The molecule has 0 saturated carbocycles. The standard InChI is InChI=1S/C15H28/c1-6-9-13(4)11-12-15(8-3)14(5)10-7-2/h9-10,15H,6-8,11-12H2,1-5H3/b13-9+,14-10?. The van der Waals surface area contributed by atoms with E-state index in [0.717, 1.165) is 5.92 Å². The van der Waals surface area contributed by atoms with E-state index in [1.165, 1.54) is 32.1 Å². The Morgan fingerprint density at radius 1 is 1.00 bits per heavy atom. The Morgan fingerprint density at radius 3 is 2.07 bits per heavy atom. The van der Waals surface area contributed by atoms with E-state index in [9.17, 15) is 0 Å². The zero-order chi connectivity index (χ0) is 11.7. The molecule has 0 aliphatic carbocycles. The summed E-state index contributed by atoms with van der Waals surface area (Å²) in [6.45, 7) is 11.3. The first-order chi connectivity index (χ1) is 7.15. The second kappa shape index (κ2) is 8.76. The molecule has 0 N–H and O–H groups in total. The van der Waals surface area contributed by atoms with Gasteiger partial charge in [0, 0.05) is 0 Å². The highest BCUT2D eigenvalue weighted by atomic mass is 14.1. The summed E-state index contributed by atoms with van der Waals surface area (Å²) in [4.78, 5) is 0. The van der Waals surface area contributed by atoms with Crippen LogP contribution in [0.2, 0.25) is 0 Å². The van der Waals surface area contributed by atoms with Crippen molar-refractivity contribution in [2.45, 2.75) is 66.7 Å². The van der Waals surface area contributed by atoms with Crippen molar-refractivity contribution in [3.63, 3.8) is 0 Å². The van der Waals surface area contributed by atoms with Gasteiger partial charge in [0.25, 0.3) is 0 Å². The maximum atomic E-state index is 2.38. The second-order valence-corrected chi connectivity index (χ2v) is 4.46. The molecule has 0 saturated heterocycles. The van der Waals surface area contributed by atoms with Crippen LogP contribution in [0.4, 0.5) is 0 Å². The van der Waals surface area contributed by atoms with E-state index < -0.39 is 0 Å². The molecule has 0 aromatic rings. The first-order valence-electron chi connectivity index (χ1n) is 6.47. The highest BCUT2D eigenvalue weighted by molar-refractivity contribution is 5.05. The van der Waals surface area contributed by atoms with Crippen molar-refractivity contribution in [1.82, 2.24) is 0 Å². The quantitative estimate of drug-likeness (QED) is 0.484. The van der Waals surface area contributed by atoms with Gasteiger partial charge in [-0.3, -0.25) is 0 Å². The van der Waals surface area contributed by atoms with E-state index in [-0.39, 0.29) is 0 Å². The molecule has 0 amide bonds. The molecule has 0 fully saturated rings. The van der Waals surface area contributed by atoms with Gasteiger partial charge in [-0.25, -0.2) is 0 Å². The van der Waals surface area contributed by atoms with Crippen molar-refractivity contribution < 1.29 is 0 Å². The van der Waals surface area contributed by atoms with E-state index in [1.807, 2.05) is 0 Å². The summed E-state index contributed by atoms with van der Waals surface area (Å²) in [7, 11) is 0. The molecule has 0 nitrogen and oxygen atoms in total. The Bertz CT molecular complexity index is 208. The summed E-state index contributed by atoms with van der Waals surface area (Å²) < 4.78 is 0. The molecule has 15 heavy (non-hydrogen) atoms. The molecule has 0 aromatic heterocycles. The summed E-state index contributed by atoms with van der Waals surface area (Å²) in [5.74, 6) is 0.796. The molecule has 0 spiro atoms. The third-order valence-electron chi connectivity index (χ3n) is 3.10. The summed E-state index contributed by atoms with van der Waals surface area (Å²) in [5, 5.41) is 0. The maximum absolute atomic E-state index is 2.38. The third kappa shape index (κ3) is 6.54. The van der Waals surface area contributed by atoms with Crippen LogP contribution in [0.1, 0.15) is 66.7 Å². The molecule has 0 rings (SSSR count). The fourth-order valence-corrected chi connectivity index (χ4v) is 2.09. The van der Waals surface area contributed by atoms with Crippen LogP contribution < -0.4 is 0 Å². The summed E-state index contributed by atoms with van der Waals surface area (Å²) >= 11 is 0. The molecular weight excluding hydrogens is 180 g/mol. The minimum Gasteiger partial charge on any atom is -0.0859 e. The SMILES string of the molecule is CCC=C(C)C(CC)CC/C(C)=C/CC. The Labute approximate surface area is 96.5 Å². The molecule has 0 aromatic carbocycles. The van der Waals surface area contributed by atoms with Crippen LogP contribution in [0.5, 0.6) is 0 Å². The van der Waals surface area contributed by atoms with Gasteiger partial charge >= 0.3 is 0 Å². The van der Waals surface area contributed by atoms with Crippen molar-refractivity contribution in [3.05, 3.63) is 23.3 Å². The Morgan fingerprint density at radius 2 is 1.60 bits per heavy atom. The van der Waals surface area contributed by atoms with Crippen LogP contribution in [-0.4, -0.2) is 0 Å². The van der Waals surface area contributed by atoms with E-state index in [4.69, 9.17) is 0 Å². The van der Waals surface area contributed by atoms with Crippen LogP contribution in [0, 0.1) is 5.92 Å². The summed E-state index contributed by atoms with van der Waals surface area (Å²) in [6.07, 6.45) is 10.9. The van der Waals surface area contributed by atoms with E-state index in [2.05, 4.69) is 46.8 Å². The lowest BCUT2D eigenvalue weighted by atomic mass is 9.90. The van der Waals surface area contributed by atoms with Gasteiger partial charge in [0.2, 0.25) is 0 Å². The number of hydrogen-bond acceptors (Lipinski definition) is 0. The normalized spacial score (nSPS) is 15.5. The number of allylic oxidation sites excluding steroid dienone is 4. The Hall–Kier alpha value is -0.520. The van der Waals surface area contributed by atoms with Crippen LogP contribution >= 0.6 is 0 Å². The van der Waals surface area contributed by atoms with Crippen LogP contribution in [0.25, 0.3) is 0 Å². The molecular formula is C15H28. The average Bonchev–Trinajstić information content (AvgIpc) is 2.19. The lowest BCUT2D eigenvalue weighted by Crippen LogP contribution is -2.01. The molecule has 88 valence electrons. The lowest BCUT2D eigenvalue weighted by molar-refractivity contribution is 0.538. The van der Waals surface area contributed by atoms with E-state index in [1.54, 1.807) is 11.1 Å². The zero-order valence-electron chi connectivity index (χ0n) is 11.3. The van der Waals surface area contributed by atoms with Gasteiger partial charge in [-0.1, -0.05) is 44.1 Å². The topological polar surface area (TPSA) is 0 Å². The van der Waals surface area contributed by atoms with Crippen molar-refractivity contribution in [1.29, 1.82) is 0 Å². The Kier molecular flexibility index (Phi) is 8.46. The van der Waals surface area contributed by atoms with Gasteiger partial charge in [-0.15, -0.1) is 0 Å². The smallest absolute Gasteiger partial charge is 0.0206 e. The lowest BCUT2D eigenvalue weighted by Gasteiger charge is -2.16. The van der Waals surface area contributed by atoms with Crippen molar-refractivity contribution in [3.8, 4) is 0 Å². The maximum Gasteiger partial charge on any atom is -0.0206 e.